The van der Waals surface area contributed by atoms with Gasteiger partial charge in [0.25, 0.3) is 10.0 Å². The van der Waals surface area contributed by atoms with Gasteiger partial charge in [0, 0.05) is 22.0 Å². The van der Waals surface area contributed by atoms with E-state index in [9.17, 15) is 16.8 Å². The highest BCUT2D eigenvalue weighted by Gasteiger charge is 2.38. The number of nitrogens with one attached hydrogen (secondary N) is 1. The van der Waals surface area contributed by atoms with Crippen molar-refractivity contribution < 1.29 is 16.8 Å². The van der Waals surface area contributed by atoms with E-state index in [0.29, 0.717) is 22.8 Å². The summed E-state index contributed by atoms with van der Waals surface area (Å²) in [6.07, 6.45) is 1.47. The maximum Gasteiger partial charge on any atom is 0.279 e. The minimum absolute atomic E-state index is 0.108. The van der Waals surface area contributed by atoms with Crippen LogP contribution < -0.4 is 4.72 Å². The van der Waals surface area contributed by atoms with Crippen LogP contribution in [0.25, 0.3) is 0 Å². The highest BCUT2D eigenvalue weighted by molar-refractivity contribution is 7.92. The third-order valence-electron chi connectivity index (χ3n) is 4.62. The largest absolute Gasteiger partial charge is 0.284 e. The maximum atomic E-state index is 13.3. The van der Waals surface area contributed by atoms with Gasteiger partial charge in [-0.1, -0.05) is 29.8 Å². The first-order valence-electron chi connectivity index (χ1n) is 9.12. The Balaban J connectivity index is 1.71. The second kappa shape index (κ2) is 8.27. The molecule has 7 nitrogen and oxygen atoms in total. The summed E-state index contributed by atoms with van der Waals surface area (Å²) < 4.78 is 53.1. The van der Waals surface area contributed by atoms with Gasteiger partial charge in [-0.05, 0) is 53.4 Å². The molecule has 0 saturated heterocycles. The summed E-state index contributed by atoms with van der Waals surface area (Å²) in [7, 11) is -7.29. The fraction of sp³-hybridized carbons (Fsp3) is 0.150. The van der Waals surface area contributed by atoms with Crippen LogP contribution in [0.15, 0.2) is 76.0 Å². The number of hydrogen-bond donors (Lipinski definition) is 1. The van der Waals surface area contributed by atoms with Crippen molar-refractivity contribution in [2.75, 3.05) is 11.0 Å². The van der Waals surface area contributed by atoms with Crippen LogP contribution in [0.5, 0.6) is 0 Å². The third-order valence-corrected chi connectivity index (χ3v) is 8.15. The van der Waals surface area contributed by atoms with Crippen molar-refractivity contribution in [2.24, 2.45) is 5.10 Å². The Morgan fingerprint density at radius 3 is 2.29 bits per heavy atom. The zero-order valence-corrected chi connectivity index (χ0v) is 19.5. The van der Waals surface area contributed by atoms with Crippen LogP contribution in [0.4, 0.5) is 5.69 Å². The predicted molar refractivity (Wildman–Crippen MR) is 124 cm³/mol. The van der Waals surface area contributed by atoms with Gasteiger partial charge in [0.05, 0.1) is 16.9 Å². The van der Waals surface area contributed by atoms with Crippen molar-refractivity contribution in [3.05, 3.63) is 81.5 Å². The van der Waals surface area contributed by atoms with Gasteiger partial charge in [0.1, 0.15) is 6.04 Å². The second-order valence-corrected chi connectivity index (χ2v) is 11.9. The van der Waals surface area contributed by atoms with Gasteiger partial charge in [0.2, 0.25) is 10.0 Å². The summed E-state index contributed by atoms with van der Waals surface area (Å²) in [6, 6.07) is 16.0. The normalized spacial score (nSPS) is 16.9. The molecule has 0 radical (unpaired) electrons. The van der Waals surface area contributed by atoms with Crippen LogP contribution in [0.1, 0.15) is 22.9 Å². The fourth-order valence-corrected chi connectivity index (χ4v) is 6.23. The molecule has 2 aromatic carbocycles. The molecule has 1 aliphatic rings. The minimum Gasteiger partial charge on any atom is -0.284 e. The standard InChI is InChI=1S/C20H18ClN3O4S3/c1-30(25,26)23-16-8-4-14(5-9-16)18-13-19(20-3-2-12-29-20)24(22-18)31(27,28)17-10-6-15(21)7-11-17/h2-12,19,23H,13H2,1H3. The molecule has 0 amide bonds. The van der Waals surface area contributed by atoms with E-state index in [1.54, 1.807) is 24.3 Å². The SMILES string of the molecule is CS(=O)(=O)Nc1ccc(C2=NN(S(=O)(=O)c3ccc(Cl)cc3)C(c3cccs3)C2)cc1. The van der Waals surface area contributed by atoms with Gasteiger partial charge in [0.15, 0.2) is 0 Å². The lowest BCUT2D eigenvalue weighted by Crippen LogP contribution is -2.26. The number of nitrogens with zero attached hydrogens (tertiary/aromatic N) is 2. The molecule has 0 aliphatic carbocycles. The molecule has 1 aliphatic heterocycles. The van der Waals surface area contributed by atoms with E-state index in [0.717, 1.165) is 21.1 Å². The molecular formula is C20H18ClN3O4S3. The molecule has 162 valence electrons. The van der Waals surface area contributed by atoms with E-state index < -0.39 is 26.1 Å². The average molecular weight is 496 g/mol. The first-order chi connectivity index (χ1) is 14.6. The molecule has 0 fully saturated rings. The Morgan fingerprint density at radius 1 is 1.03 bits per heavy atom. The smallest absolute Gasteiger partial charge is 0.279 e. The molecule has 1 N–H and O–H groups in total. The van der Waals surface area contributed by atoms with Crippen molar-refractivity contribution in [3.63, 3.8) is 0 Å². The van der Waals surface area contributed by atoms with E-state index >= 15 is 0 Å². The van der Waals surface area contributed by atoms with Crippen molar-refractivity contribution in [1.29, 1.82) is 0 Å². The van der Waals surface area contributed by atoms with Gasteiger partial charge in [-0.2, -0.15) is 17.9 Å². The first-order valence-corrected chi connectivity index (χ1v) is 13.7. The number of rotatable bonds is 6. The van der Waals surface area contributed by atoms with Crippen molar-refractivity contribution in [3.8, 4) is 0 Å². The van der Waals surface area contributed by atoms with Crippen molar-refractivity contribution >= 4 is 54.4 Å². The molecule has 1 atom stereocenters. The molecule has 3 aromatic rings. The fourth-order valence-electron chi connectivity index (χ4n) is 3.24. The van der Waals surface area contributed by atoms with E-state index in [4.69, 9.17) is 11.6 Å². The number of anilines is 1. The van der Waals surface area contributed by atoms with Gasteiger partial charge >= 0.3 is 0 Å². The van der Waals surface area contributed by atoms with Crippen LogP contribution in [-0.2, 0) is 20.0 Å². The zero-order chi connectivity index (χ0) is 22.2. The van der Waals surface area contributed by atoms with Crippen LogP contribution in [0.3, 0.4) is 0 Å². The number of halogens is 1. The summed E-state index contributed by atoms with van der Waals surface area (Å²) in [5, 5.41) is 6.81. The van der Waals surface area contributed by atoms with Crippen molar-refractivity contribution in [1.82, 2.24) is 4.41 Å². The molecule has 0 spiro atoms. The quantitative estimate of drug-likeness (QED) is 0.551. The molecule has 2 heterocycles. The number of benzene rings is 2. The van der Waals surface area contributed by atoms with E-state index in [2.05, 4.69) is 9.82 Å². The topological polar surface area (TPSA) is 95.9 Å². The van der Waals surface area contributed by atoms with Crippen LogP contribution >= 0.6 is 22.9 Å². The minimum atomic E-state index is -3.90. The Hall–Kier alpha value is -2.40. The Labute approximate surface area is 190 Å². The van der Waals surface area contributed by atoms with Crippen LogP contribution in [0, 0.1) is 0 Å². The number of hydrogen-bond acceptors (Lipinski definition) is 6. The van der Waals surface area contributed by atoms with E-state index in [1.807, 2.05) is 17.5 Å². The average Bonchev–Trinajstić information content (AvgIpc) is 3.38. The van der Waals surface area contributed by atoms with Gasteiger partial charge in [-0.3, -0.25) is 4.72 Å². The molecule has 1 unspecified atom stereocenters. The van der Waals surface area contributed by atoms with Gasteiger partial charge in [-0.25, -0.2) is 8.42 Å². The monoisotopic (exact) mass is 495 g/mol. The summed E-state index contributed by atoms with van der Waals surface area (Å²) in [6.45, 7) is 0. The number of sulfonamides is 2. The summed E-state index contributed by atoms with van der Waals surface area (Å²) >= 11 is 7.38. The van der Waals surface area contributed by atoms with Crippen LogP contribution in [-0.4, -0.2) is 33.2 Å². The highest BCUT2D eigenvalue weighted by Crippen LogP contribution is 2.39. The lowest BCUT2D eigenvalue weighted by atomic mass is 10.0. The first kappa shape index (κ1) is 21.8. The highest BCUT2D eigenvalue weighted by atomic mass is 35.5. The molecule has 4 rings (SSSR count). The summed E-state index contributed by atoms with van der Waals surface area (Å²) in [5.74, 6) is 0. The zero-order valence-electron chi connectivity index (χ0n) is 16.3. The number of thiophene rings is 1. The van der Waals surface area contributed by atoms with Gasteiger partial charge < -0.3 is 0 Å². The molecule has 1 aromatic heterocycles. The van der Waals surface area contributed by atoms with Crippen LogP contribution in [0.2, 0.25) is 5.02 Å². The third kappa shape index (κ3) is 4.77. The molecule has 31 heavy (non-hydrogen) atoms. The number of hydrazone groups is 1. The molecule has 11 heteroatoms. The Morgan fingerprint density at radius 2 is 1.71 bits per heavy atom. The summed E-state index contributed by atoms with van der Waals surface area (Å²) in [4.78, 5) is 0.989. The van der Waals surface area contributed by atoms with Crippen molar-refractivity contribution in [2.45, 2.75) is 17.4 Å². The Kier molecular flexibility index (Phi) is 5.82. The molecular weight excluding hydrogens is 478 g/mol. The maximum absolute atomic E-state index is 13.3. The van der Waals surface area contributed by atoms with Gasteiger partial charge in [-0.15, -0.1) is 11.3 Å². The predicted octanol–water partition coefficient (Wildman–Crippen LogP) is 4.31. The summed E-state index contributed by atoms with van der Waals surface area (Å²) in [5.41, 5.74) is 1.74. The molecule has 0 saturated carbocycles. The van der Waals surface area contributed by atoms with E-state index in [-0.39, 0.29) is 4.90 Å². The lowest BCUT2D eigenvalue weighted by molar-refractivity contribution is 0.375. The van der Waals surface area contributed by atoms with E-state index in [1.165, 1.54) is 35.6 Å². The lowest BCUT2D eigenvalue weighted by Gasteiger charge is -2.22. The molecule has 0 bridgehead atoms. The Bertz CT molecular complexity index is 1320. The second-order valence-electron chi connectivity index (χ2n) is 6.97.